The van der Waals surface area contributed by atoms with Gasteiger partial charge >= 0.3 is 5.97 Å². The van der Waals surface area contributed by atoms with E-state index in [1.807, 2.05) is 30.6 Å². The molecule has 0 saturated heterocycles. The molecule has 2 rings (SSSR count). The number of hydrogen-bond acceptors (Lipinski definition) is 5. The molecule has 1 amide bonds. The molecule has 0 spiro atoms. The molecule has 164 valence electrons. The molecule has 31 heavy (non-hydrogen) atoms. The monoisotopic (exact) mass is 427 g/mol. The summed E-state index contributed by atoms with van der Waals surface area (Å²) < 4.78 is 25.0. The van der Waals surface area contributed by atoms with Crippen LogP contribution in [0, 0.1) is 31.0 Å². The molecule has 0 fully saturated rings. The van der Waals surface area contributed by atoms with E-state index in [9.17, 15) is 19.2 Å². The van der Waals surface area contributed by atoms with Gasteiger partial charge in [0.2, 0.25) is 0 Å². The quantitative estimate of drug-likeness (QED) is 0.358. The number of nitrogens with zero attached hydrogens (tertiary/aromatic N) is 2. The van der Waals surface area contributed by atoms with E-state index in [-0.39, 0.29) is 11.4 Å². The van der Waals surface area contributed by atoms with Crippen molar-refractivity contribution in [2.75, 3.05) is 26.9 Å². The van der Waals surface area contributed by atoms with Crippen LogP contribution in [0.15, 0.2) is 35.9 Å². The van der Waals surface area contributed by atoms with E-state index in [2.05, 4.69) is 5.32 Å². The predicted octanol–water partition coefficient (Wildman–Crippen LogP) is 2.70. The summed E-state index contributed by atoms with van der Waals surface area (Å²) in [6, 6.07) is 9.68. The first-order valence-corrected chi connectivity index (χ1v) is 9.81. The molecule has 0 aliphatic carbocycles. The van der Waals surface area contributed by atoms with Gasteiger partial charge in [0.25, 0.3) is 5.91 Å². The van der Waals surface area contributed by atoms with Crippen LogP contribution in [0.2, 0.25) is 0 Å². The van der Waals surface area contributed by atoms with Crippen LogP contribution in [0.3, 0.4) is 0 Å². The highest BCUT2D eigenvalue weighted by Gasteiger charge is 2.15. The van der Waals surface area contributed by atoms with E-state index in [1.165, 1.54) is 18.2 Å². The van der Waals surface area contributed by atoms with Crippen molar-refractivity contribution < 1.29 is 23.5 Å². The number of nitrogens with one attached hydrogen (secondary N) is 1. The Morgan fingerprint density at radius 2 is 1.97 bits per heavy atom. The van der Waals surface area contributed by atoms with Gasteiger partial charge in [-0.2, -0.15) is 5.26 Å². The predicted molar refractivity (Wildman–Crippen MR) is 113 cm³/mol. The lowest BCUT2D eigenvalue weighted by molar-refractivity contribution is -0.144. The number of amides is 1. The lowest BCUT2D eigenvalue weighted by Crippen LogP contribution is -2.30. The number of esters is 1. The molecule has 0 atom stereocenters. The first kappa shape index (κ1) is 23.8. The van der Waals surface area contributed by atoms with Crippen molar-refractivity contribution in [1.82, 2.24) is 9.88 Å². The smallest absolute Gasteiger partial charge is 0.349 e. The molecular weight excluding hydrogens is 401 g/mol. The number of rotatable bonds is 10. The fraction of sp³-hybridized carbons (Fsp3) is 0.348. The Hall–Kier alpha value is -3.44. The van der Waals surface area contributed by atoms with Crippen molar-refractivity contribution in [3.63, 3.8) is 0 Å². The lowest BCUT2D eigenvalue weighted by Gasteiger charge is -2.08. The van der Waals surface area contributed by atoms with Crippen molar-refractivity contribution >= 4 is 18.0 Å². The van der Waals surface area contributed by atoms with Crippen LogP contribution < -0.4 is 5.32 Å². The van der Waals surface area contributed by atoms with E-state index in [0.717, 1.165) is 22.5 Å². The number of ether oxygens (including phenoxy) is 2. The van der Waals surface area contributed by atoms with Gasteiger partial charge in [-0.25, -0.2) is 9.18 Å². The average molecular weight is 427 g/mol. The summed E-state index contributed by atoms with van der Waals surface area (Å²) >= 11 is 0. The van der Waals surface area contributed by atoms with E-state index in [4.69, 9.17) is 9.47 Å². The maximum atomic E-state index is 12.9. The highest BCUT2D eigenvalue weighted by molar-refractivity contribution is 5.99. The number of benzene rings is 1. The van der Waals surface area contributed by atoms with E-state index >= 15 is 0 Å². The Bertz CT molecular complexity index is 987. The first-order chi connectivity index (χ1) is 14.8. The van der Waals surface area contributed by atoms with Gasteiger partial charge in [-0.05, 0) is 55.7 Å². The third-order valence-electron chi connectivity index (χ3n) is 4.76. The molecule has 0 unspecified atom stereocenters. The van der Waals surface area contributed by atoms with Gasteiger partial charge in [0.1, 0.15) is 17.5 Å². The minimum Gasteiger partial charge on any atom is -0.451 e. The van der Waals surface area contributed by atoms with Crippen molar-refractivity contribution in [3.05, 3.63) is 64.2 Å². The summed E-state index contributed by atoms with van der Waals surface area (Å²) in [7, 11) is 1.62. The first-order valence-electron chi connectivity index (χ1n) is 9.81. The second-order valence-electron chi connectivity index (χ2n) is 6.94. The van der Waals surface area contributed by atoms with Crippen LogP contribution in [0.5, 0.6) is 0 Å². The average Bonchev–Trinajstić information content (AvgIpc) is 3.02. The highest BCUT2D eigenvalue weighted by atomic mass is 19.1. The standard InChI is InChI=1S/C23H26FN3O4/c1-16-12-19(17(2)27(16)10-11-30-3)13-20(14-25)23(29)31-15-22(28)26-9-8-18-4-6-21(24)7-5-18/h4-7,12-13H,8-11,15H2,1-3H3,(H,26,28)/b20-13+. The lowest BCUT2D eigenvalue weighted by atomic mass is 10.1. The summed E-state index contributed by atoms with van der Waals surface area (Å²) in [6.07, 6.45) is 1.97. The van der Waals surface area contributed by atoms with Crippen LogP contribution in [0.4, 0.5) is 4.39 Å². The number of methoxy groups -OCH3 is 1. The second-order valence-corrected chi connectivity index (χ2v) is 6.94. The zero-order valence-corrected chi connectivity index (χ0v) is 17.9. The van der Waals surface area contributed by atoms with E-state index in [0.29, 0.717) is 26.1 Å². The number of aromatic nitrogens is 1. The van der Waals surface area contributed by atoms with Crippen LogP contribution in [-0.2, 0) is 32.0 Å². The largest absolute Gasteiger partial charge is 0.451 e. The number of nitriles is 1. The minimum atomic E-state index is -0.863. The number of halogens is 1. The molecule has 0 aliphatic rings. The zero-order valence-electron chi connectivity index (χ0n) is 17.9. The maximum Gasteiger partial charge on any atom is 0.349 e. The summed E-state index contributed by atoms with van der Waals surface area (Å²) in [6.45, 7) is 4.85. The molecule has 1 aromatic carbocycles. The zero-order chi connectivity index (χ0) is 22.8. The Morgan fingerprint density at radius 3 is 2.61 bits per heavy atom. The summed E-state index contributed by atoms with van der Waals surface area (Å²) in [5.41, 5.74) is 3.29. The molecular formula is C23H26FN3O4. The molecule has 7 nitrogen and oxygen atoms in total. The maximum absolute atomic E-state index is 12.9. The molecule has 0 saturated carbocycles. The van der Waals surface area contributed by atoms with Crippen molar-refractivity contribution in [2.24, 2.45) is 0 Å². The molecule has 1 N–H and O–H groups in total. The van der Waals surface area contributed by atoms with Gasteiger partial charge in [-0.1, -0.05) is 12.1 Å². The fourth-order valence-corrected chi connectivity index (χ4v) is 3.05. The molecule has 1 aromatic heterocycles. The SMILES string of the molecule is COCCn1c(C)cc(/C=C(\C#N)C(=O)OCC(=O)NCCc2ccc(F)cc2)c1C. The molecule has 0 bridgehead atoms. The Balaban J connectivity index is 1.89. The van der Waals surface area contributed by atoms with Crippen LogP contribution in [0.1, 0.15) is 22.5 Å². The topological polar surface area (TPSA) is 93.3 Å². The molecule has 8 heteroatoms. The third-order valence-corrected chi connectivity index (χ3v) is 4.76. The van der Waals surface area contributed by atoms with Crippen molar-refractivity contribution in [3.8, 4) is 6.07 Å². The minimum absolute atomic E-state index is 0.189. The Labute approximate surface area is 181 Å². The molecule has 0 aliphatic heterocycles. The number of aryl methyl sites for hydroxylation is 1. The number of carbonyl (C=O) groups excluding carboxylic acids is 2. The molecule has 2 aromatic rings. The molecule has 0 radical (unpaired) electrons. The summed E-state index contributed by atoms with van der Waals surface area (Å²) in [4.78, 5) is 24.1. The normalized spacial score (nSPS) is 11.1. The van der Waals surface area contributed by atoms with Gasteiger partial charge in [-0.3, -0.25) is 4.79 Å². The van der Waals surface area contributed by atoms with Gasteiger partial charge in [-0.15, -0.1) is 0 Å². The Kier molecular flexibility index (Phi) is 8.97. The second kappa shape index (κ2) is 11.7. The summed E-state index contributed by atoms with van der Waals surface area (Å²) in [5, 5.41) is 12.0. The number of carbonyl (C=O) groups is 2. The van der Waals surface area contributed by atoms with Crippen LogP contribution >= 0.6 is 0 Å². The number of hydrogen-bond donors (Lipinski definition) is 1. The van der Waals surface area contributed by atoms with Gasteiger partial charge in [0.15, 0.2) is 6.61 Å². The third kappa shape index (κ3) is 7.08. The van der Waals surface area contributed by atoms with Gasteiger partial charge in [0, 0.05) is 31.6 Å². The van der Waals surface area contributed by atoms with Gasteiger partial charge < -0.3 is 19.4 Å². The van der Waals surface area contributed by atoms with E-state index < -0.39 is 18.5 Å². The summed E-state index contributed by atoms with van der Waals surface area (Å²) in [5.74, 6) is -1.67. The van der Waals surface area contributed by atoms with Crippen LogP contribution in [0.25, 0.3) is 6.08 Å². The van der Waals surface area contributed by atoms with Crippen LogP contribution in [-0.4, -0.2) is 43.3 Å². The van der Waals surface area contributed by atoms with Gasteiger partial charge in [0.05, 0.1) is 6.61 Å². The molecule has 1 heterocycles. The van der Waals surface area contributed by atoms with Crippen molar-refractivity contribution in [2.45, 2.75) is 26.8 Å². The van der Waals surface area contributed by atoms with Crippen molar-refractivity contribution in [1.29, 1.82) is 5.26 Å². The Morgan fingerprint density at radius 1 is 1.26 bits per heavy atom. The fourth-order valence-electron chi connectivity index (χ4n) is 3.05. The van der Waals surface area contributed by atoms with E-state index in [1.54, 1.807) is 19.2 Å². The highest BCUT2D eigenvalue weighted by Crippen LogP contribution is 2.18.